The van der Waals surface area contributed by atoms with Crippen LogP contribution >= 0.6 is 0 Å². The van der Waals surface area contributed by atoms with Crippen LogP contribution in [0.4, 0.5) is 24.5 Å². The number of carbonyl (C=O) groups excluding carboxylic acids is 2. The van der Waals surface area contributed by atoms with E-state index >= 15 is 0 Å². The molecule has 0 atom stereocenters. The van der Waals surface area contributed by atoms with Gasteiger partial charge in [0.1, 0.15) is 0 Å². The zero-order valence-corrected chi connectivity index (χ0v) is 14.7. The van der Waals surface area contributed by atoms with Crippen LogP contribution in [0.25, 0.3) is 0 Å². The molecular formula is C19H20F3N3O2. The first-order valence-electron chi connectivity index (χ1n) is 8.39. The zero-order chi connectivity index (χ0) is 19.9. The van der Waals surface area contributed by atoms with Crippen molar-refractivity contribution < 1.29 is 22.8 Å². The van der Waals surface area contributed by atoms with Gasteiger partial charge in [-0.05, 0) is 42.8 Å². The number of hydrogen-bond donors (Lipinski definition) is 3. The van der Waals surface area contributed by atoms with Crippen LogP contribution in [-0.4, -0.2) is 24.9 Å². The highest BCUT2D eigenvalue weighted by Gasteiger charge is 2.30. The molecule has 0 spiro atoms. The molecule has 0 aromatic heterocycles. The maximum Gasteiger partial charge on any atom is 0.416 e. The Balaban J connectivity index is 1.94. The fourth-order valence-corrected chi connectivity index (χ4v) is 2.27. The molecule has 0 aliphatic carbocycles. The van der Waals surface area contributed by atoms with Crippen LogP contribution in [0.2, 0.25) is 0 Å². The van der Waals surface area contributed by atoms with Gasteiger partial charge in [0.15, 0.2) is 0 Å². The highest BCUT2D eigenvalue weighted by atomic mass is 19.4. The lowest BCUT2D eigenvalue weighted by Crippen LogP contribution is -2.25. The Morgan fingerprint density at radius 1 is 1.00 bits per heavy atom. The highest BCUT2D eigenvalue weighted by Crippen LogP contribution is 2.30. The third kappa shape index (κ3) is 6.32. The van der Waals surface area contributed by atoms with Crippen LogP contribution in [0.5, 0.6) is 0 Å². The van der Waals surface area contributed by atoms with Crippen molar-refractivity contribution >= 4 is 23.2 Å². The predicted octanol–water partition coefficient (Wildman–Crippen LogP) is 3.90. The summed E-state index contributed by atoms with van der Waals surface area (Å²) in [6, 6.07) is 11.0. The lowest BCUT2D eigenvalue weighted by molar-refractivity contribution is -0.137. The second kappa shape index (κ2) is 9.07. The van der Waals surface area contributed by atoms with Gasteiger partial charge >= 0.3 is 6.18 Å². The molecule has 0 aliphatic heterocycles. The molecule has 0 aliphatic rings. The summed E-state index contributed by atoms with van der Waals surface area (Å²) >= 11 is 0. The molecule has 0 heterocycles. The van der Waals surface area contributed by atoms with Crippen molar-refractivity contribution in [3.63, 3.8) is 0 Å². The summed E-state index contributed by atoms with van der Waals surface area (Å²) in [6.45, 7) is 2.28. The van der Waals surface area contributed by atoms with Crippen LogP contribution in [0.1, 0.15) is 29.3 Å². The molecule has 5 nitrogen and oxygen atoms in total. The second-order valence-electron chi connectivity index (χ2n) is 5.82. The van der Waals surface area contributed by atoms with E-state index in [1.807, 2.05) is 6.92 Å². The van der Waals surface area contributed by atoms with Crippen LogP contribution in [0.3, 0.4) is 0 Å². The van der Waals surface area contributed by atoms with Crippen molar-refractivity contribution in [3.05, 3.63) is 59.7 Å². The van der Waals surface area contributed by atoms with Gasteiger partial charge in [-0.1, -0.05) is 19.1 Å². The van der Waals surface area contributed by atoms with Gasteiger partial charge in [0.25, 0.3) is 5.91 Å². The normalized spacial score (nSPS) is 11.0. The molecule has 0 saturated heterocycles. The maximum absolute atomic E-state index is 12.7. The van der Waals surface area contributed by atoms with E-state index in [-0.39, 0.29) is 18.1 Å². The van der Waals surface area contributed by atoms with Crippen molar-refractivity contribution in [2.75, 3.05) is 23.7 Å². The van der Waals surface area contributed by atoms with Gasteiger partial charge in [0.05, 0.1) is 12.1 Å². The first-order valence-corrected chi connectivity index (χ1v) is 8.39. The minimum absolute atomic E-state index is 0.188. The number of hydrogen-bond acceptors (Lipinski definition) is 3. The SMILES string of the molecule is CCCNC(=O)c1cccc(NC(=O)CNc2cccc(C(F)(F)F)c2)c1. The number of benzene rings is 2. The quantitative estimate of drug-likeness (QED) is 0.683. The monoisotopic (exact) mass is 379 g/mol. The Hall–Kier alpha value is -3.03. The topological polar surface area (TPSA) is 70.2 Å². The lowest BCUT2D eigenvalue weighted by atomic mass is 10.2. The first kappa shape index (κ1) is 20.3. The molecule has 27 heavy (non-hydrogen) atoms. The average molecular weight is 379 g/mol. The molecule has 0 unspecified atom stereocenters. The molecule has 2 rings (SSSR count). The Labute approximate surface area is 155 Å². The molecule has 2 aromatic carbocycles. The summed E-state index contributed by atoms with van der Waals surface area (Å²) in [4.78, 5) is 24.0. The van der Waals surface area contributed by atoms with E-state index in [4.69, 9.17) is 0 Å². The Bertz CT molecular complexity index is 807. The van der Waals surface area contributed by atoms with E-state index in [2.05, 4.69) is 16.0 Å². The van der Waals surface area contributed by atoms with Crippen molar-refractivity contribution in [2.24, 2.45) is 0 Å². The standard InChI is InChI=1S/C19H20F3N3O2/c1-2-9-23-18(27)13-5-3-8-16(10-13)25-17(26)12-24-15-7-4-6-14(11-15)19(20,21)22/h3-8,10-11,24H,2,9,12H2,1H3,(H,23,27)(H,25,26). The summed E-state index contributed by atoms with van der Waals surface area (Å²) in [5.74, 6) is -0.687. The van der Waals surface area contributed by atoms with Crippen molar-refractivity contribution in [1.29, 1.82) is 0 Å². The summed E-state index contributed by atoms with van der Waals surface area (Å²) < 4.78 is 38.1. The molecule has 8 heteroatoms. The molecule has 144 valence electrons. The number of nitrogens with one attached hydrogen (secondary N) is 3. The van der Waals surface area contributed by atoms with E-state index in [0.717, 1.165) is 18.6 Å². The zero-order valence-electron chi connectivity index (χ0n) is 14.7. The van der Waals surface area contributed by atoms with Crippen LogP contribution in [0, 0.1) is 0 Å². The summed E-state index contributed by atoms with van der Waals surface area (Å²) in [5, 5.41) is 7.99. The lowest BCUT2D eigenvalue weighted by Gasteiger charge is -2.11. The smallest absolute Gasteiger partial charge is 0.376 e. The fraction of sp³-hybridized carbons (Fsp3) is 0.263. The van der Waals surface area contributed by atoms with E-state index in [1.165, 1.54) is 18.2 Å². The van der Waals surface area contributed by atoms with Gasteiger partial charge in [-0.3, -0.25) is 9.59 Å². The number of amides is 2. The first-order chi connectivity index (χ1) is 12.8. The molecule has 2 aromatic rings. The largest absolute Gasteiger partial charge is 0.416 e. The van der Waals surface area contributed by atoms with Crippen molar-refractivity contribution in [3.8, 4) is 0 Å². The Morgan fingerprint density at radius 2 is 1.70 bits per heavy atom. The van der Waals surface area contributed by atoms with Gasteiger partial charge in [-0.2, -0.15) is 13.2 Å². The third-order valence-electron chi connectivity index (χ3n) is 3.59. The Kier molecular flexibility index (Phi) is 6.81. The average Bonchev–Trinajstić information content (AvgIpc) is 2.64. The third-order valence-corrected chi connectivity index (χ3v) is 3.59. The molecule has 0 saturated carbocycles. The minimum atomic E-state index is -4.45. The summed E-state index contributed by atoms with van der Waals surface area (Å²) in [5.41, 5.74) is 0.230. The number of alkyl halides is 3. The second-order valence-corrected chi connectivity index (χ2v) is 5.82. The Morgan fingerprint density at radius 3 is 2.41 bits per heavy atom. The van der Waals surface area contributed by atoms with Crippen LogP contribution in [-0.2, 0) is 11.0 Å². The van der Waals surface area contributed by atoms with E-state index in [1.54, 1.807) is 18.2 Å². The number of halogens is 3. The van der Waals surface area contributed by atoms with Crippen molar-refractivity contribution in [2.45, 2.75) is 19.5 Å². The molecular weight excluding hydrogens is 359 g/mol. The van der Waals surface area contributed by atoms with Gasteiger partial charge < -0.3 is 16.0 Å². The molecule has 0 bridgehead atoms. The summed E-state index contributed by atoms with van der Waals surface area (Å²) in [6.07, 6.45) is -3.64. The molecule has 0 radical (unpaired) electrons. The van der Waals surface area contributed by atoms with Gasteiger partial charge in [0.2, 0.25) is 5.91 Å². The fourth-order valence-electron chi connectivity index (χ4n) is 2.27. The number of anilines is 2. The molecule has 2 amide bonds. The summed E-state index contributed by atoms with van der Waals surface area (Å²) in [7, 11) is 0. The van der Waals surface area contributed by atoms with E-state index < -0.39 is 17.6 Å². The molecule has 0 fully saturated rings. The number of carbonyl (C=O) groups is 2. The highest BCUT2D eigenvalue weighted by molar-refractivity contribution is 5.98. The van der Waals surface area contributed by atoms with Gasteiger partial charge in [-0.25, -0.2) is 0 Å². The number of rotatable bonds is 7. The van der Waals surface area contributed by atoms with Gasteiger partial charge in [0, 0.05) is 23.5 Å². The van der Waals surface area contributed by atoms with Gasteiger partial charge in [-0.15, -0.1) is 0 Å². The molecule has 3 N–H and O–H groups in total. The van der Waals surface area contributed by atoms with Crippen molar-refractivity contribution in [1.82, 2.24) is 5.32 Å². The van der Waals surface area contributed by atoms with E-state index in [0.29, 0.717) is 17.8 Å². The minimum Gasteiger partial charge on any atom is -0.376 e. The van der Waals surface area contributed by atoms with Crippen LogP contribution in [0.15, 0.2) is 48.5 Å². The predicted molar refractivity (Wildman–Crippen MR) is 97.6 cm³/mol. The maximum atomic E-state index is 12.7. The van der Waals surface area contributed by atoms with Crippen LogP contribution < -0.4 is 16.0 Å². The van der Waals surface area contributed by atoms with E-state index in [9.17, 15) is 22.8 Å².